The first-order valence-corrected chi connectivity index (χ1v) is 8.42. The van der Waals surface area contributed by atoms with Crippen LogP contribution in [0.25, 0.3) is 0 Å². The molecule has 1 amide bonds. The van der Waals surface area contributed by atoms with Crippen molar-refractivity contribution in [2.45, 2.75) is 58.0 Å². The fourth-order valence-electron chi connectivity index (χ4n) is 3.92. The van der Waals surface area contributed by atoms with Gasteiger partial charge in [0, 0.05) is 36.9 Å². The van der Waals surface area contributed by atoms with Crippen LogP contribution in [0.5, 0.6) is 0 Å². The van der Waals surface area contributed by atoms with Crippen LogP contribution in [0.4, 0.5) is 0 Å². The third-order valence-electron chi connectivity index (χ3n) is 5.15. The number of aromatic nitrogens is 3. The van der Waals surface area contributed by atoms with Crippen LogP contribution in [-0.2, 0) is 19.3 Å². The van der Waals surface area contributed by atoms with Gasteiger partial charge in [-0.15, -0.1) is 0 Å². The van der Waals surface area contributed by atoms with Crippen molar-refractivity contribution in [1.29, 1.82) is 0 Å². The summed E-state index contributed by atoms with van der Waals surface area (Å²) in [5.74, 6) is 0.881. The van der Waals surface area contributed by atoms with E-state index in [0.717, 1.165) is 24.1 Å². The van der Waals surface area contributed by atoms with Gasteiger partial charge in [0.15, 0.2) is 6.39 Å². The summed E-state index contributed by atoms with van der Waals surface area (Å²) in [7, 11) is 0. The molecule has 24 heavy (non-hydrogen) atoms. The summed E-state index contributed by atoms with van der Waals surface area (Å²) < 4.78 is 5.30. The average Bonchev–Trinajstić information content (AvgIpc) is 3.10. The van der Waals surface area contributed by atoms with Crippen molar-refractivity contribution in [1.82, 2.24) is 19.9 Å². The Labute approximate surface area is 139 Å². The van der Waals surface area contributed by atoms with Gasteiger partial charge in [-0.1, -0.05) is 6.92 Å². The SMILES string of the molecule is CCc1nc2c(c(=O)[nH]1)CC1CCC(C2)N1C(=O)c1ocnc1C. The lowest BCUT2D eigenvalue weighted by molar-refractivity contribution is 0.0639. The lowest BCUT2D eigenvalue weighted by Crippen LogP contribution is -2.42. The van der Waals surface area contributed by atoms with Crippen LogP contribution < -0.4 is 5.56 Å². The number of fused-ring (bicyclic) bond motifs is 3. The van der Waals surface area contributed by atoms with Gasteiger partial charge in [-0.2, -0.15) is 0 Å². The molecule has 1 fully saturated rings. The van der Waals surface area contributed by atoms with Gasteiger partial charge in [-0.3, -0.25) is 9.59 Å². The predicted molar refractivity (Wildman–Crippen MR) is 85.9 cm³/mol. The van der Waals surface area contributed by atoms with Crippen LogP contribution in [0.1, 0.15) is 53.1 Å². The number of carbonyl (C=O) groups excluding carboxylic acids is 1. The van der Waals surface area contributed by atoms with Crippen LogP contribution >= 0.6 is 0 Å². The predicted octanol–water partition coefficient (Wildman–Crippen LogP) is 1.40. The Morgan fingerprint density at radius 3 is 2.79 bits per heavy atom. The Bertz CT molecular complexity index is 854. The first-order chi connectivity index (χ1) is 11.6. The number of nitrogens with one attached hydrogen (secondary N) is 1. The molecule has 7 heteroatoms. The Morgan fingerprint density at radius 2 is 2.12 bits per heavy atom. The molecule has 2 unspecified atom stereocenters. The second-order valence-electron chi connectivity index (χ2n) is 6.56. The zero-order valence-corrected chi connectivity index (χ0v) is 13.8. The first kappa shape index (κ1) is 15.1. The van der Waals surface area contributed by atoms with Crippen LogP contribution in [-0.4, -0.2) is 37.8 Å². The van der Waals surface area contributed by atoms with Gasteiger partial charge < -0.3 is 14.3 Å². The van der Waals surface area contributed by atoms with Crippen LogP contribution in [0.3, 0.4) is 0 Å². The molecule has 4 rings (SSSR count). The lowest BCUT2D eigenvalue weighted by atomic mass is 9.98. The second-order valence-corrected chi connectivity index (χ2v) is 6.56. The van der Waals surface area contributed by atoms with Crippen LogP contribution in [0, 0.1) is 6.92 Å². The van der Waals surface area contributed by atoms with Gasteiger partial charge in [0.2, 0.25) is 5.76 Å². The van der Waals surface area contributed by atoms with Gasteiger partial charge in [-0.05, 0) is 19.8 Å². The number of aromatic amines is 1. The highest BCUT2D eigenvalue weighted by Crippen LogP contribution is 2.34. The molecule has 2 atom stereocenters. The van der Waals surface area contributed by atoms with Gasteiger partial charge >= 0.3 is 0 Å². The molecule has 7 nitrogen and oxygen atoms in total. The highest BCUT2D eigenvalue weighted by molar-refractivity contribution is 5.93. The highest BCUT2D eigenvalue weighted by atomic mass is 16.3. The van der Waals surface area contributed by atoms with Gasteiger partial charge in [-0.25, -0.2) is 9.97 Å². The van der Waals surface area contributed by atoms with Crippen molar-refractivity contribution in [3.05, 3.63) is 45.3 Å². The van der Waals surface area contributed by atoms with E-state index in [1.54, 1.807) is 6.92 Å². The fourth-order valence-corrected chi connectivity index (χ4v) is 3.92. The fraction of sp³-hybridized carbons (Fsp3) is 0.529. The van der Waals surface area contributed by atoms with Crippen molar-refractivity contribution in [2.24, 2.45) is 0 Å². The Kier molecular flexibility index (Phi) is 3.51. The number of nitrogens with zero attached hydrogens (tertiary/aromatic N) is 3. The van der Waals surface area contributed by atoms with Crippen LogP contribution in [0.2, 0.25) is 0 Å². The van der Waals surface area contributed by atoms with E-state index < -0.39 is 0 Å². The van der Waals surface area contributed by atoms with Crippen molar-refractivity contribution >= 4 is 5.91 Å². The maximum Gasteiger partial charge on any atom is 0.292 e. The Hall–Kier alpha value is -2.44. The molecule has 1 N–H and O–H groups in total. The number of hydrogen-bond acceptors (Lipinski definition) is 5. The average molecular weight is 328 g/mol. The second kappa shape index (κ2) is 5.58. The smallest absolute Gasteiger partial charge is 0.292 e. The summed E-state index contributed by atoms with van der Waals surface area (Å²) in [6.45, 7) is 3.74. The van der Waals surface area contributed by atoms with Gasteiger partial charge in [0.05, 0.1) is 11.4 Å². The van der Waals surface area contributed by atoms with E-state index in [1.165, 1.54) is 6.39 Å². The third-order valence-corrected chi connectivity index (χ3v) is 5.15. The number of hydrogen-bond donors (Lipinski definition) is 1. The number of carbonyl (C=O) groups is 1. The minimum atomic E-state index is -0.127. The maximum atomic E-state index is 12.9. The number of H-pyrrole nitrogens is 1. The van der Waals surface area contributed by atoms with Crippen molar-refractivity contribution in [3.8, 4) is 0 Å². The molecule has 2 aliphatic heterocycles. The summed E-state index contributed by atoms with van der Waals surface area (Å²) in [4.78, 5) is 38.7. The molecular formula is C17H20N4O3. The van der Waals surface area contributed by atoms with E-state index in [0.29, 0.717) is 36.5 Å². The largest absolute Gasteiger partial charge is 0.438 e. The summed E-state index contributed by atoms with van der Waals surface area (Å²) in [6.07, 6.45) is 5.00. The third kappa shape index (κ3) is 2.26. The van der Waals surface area contributed by atoms with Crippen LogP contribution in [0.15, 0.2) is 15.6 Å². The molecule has 126 valence electrons. The first-order valence-electron chi connectivity index (χ1n) is 8.42. The molecule has 0 radical (unpaired) electrons. The van der Waals surface area contributed by atoms with Gasteiger partial charge in [0.25, 0.3) is 11.5 Å². The monoisotopic (exact) mass is 328 g/mol. The molecule has 2 aromatic rings. The number of oxazole rings is 1. The Balaban J connectivity index is 1.72. The Morgan fingerprint density at radius 1 is 1.38 bits per heavy atom. The van der Waals surface area contributed by atoms with Crippen molar-refractivity contribution in [3.63, 3.8) is 0 Å². The van der Waals surface area contributed by atoms with Crippen molar-refractivity contribution < 1.29 is 9.21 Å². The molecule has 0 aromatic carbocycles. The summed E-state index contributed by atoms with van der Waals surface area (Å²) in [6, 6.07) is 0.0795. The molecule has 0 aliphatic carbocycles. The molecule has 2 aliphatic rings. The number of rotatable bonds is 2. The molecule has 4 heterocycles. The van der Waals surface area contributed by atoms with E-state index in [9.17, 15) is 9.59 Å². The molecule has 2 bridgehead atoms. The maximum absolute atomic E-state index is 12.9. The quantitative estimate of drug-likeness (QED) is 0.899. The topological polar surface area (TPSA) is 92.1 Å². The summed E-state index contributed by atoms with van der Waals surface area (Å²) in [5.41, 5.74) is 2.11. The molecule has 0 saturated carbocycles. The standard InChI is InChI=1S/C17H20N4O3/c1-3-14-19-13-7-11-5-4-10(6-12(13)16(22)20-14)21(11)17(23)15-9(2)18-8-24-15/h8,10-11H,3-7H2,1-2H3,(H,19,20,22). The van der Waals surface area contributed by atoms with E-state index in [4.69, 9.17) is 4.42 Å². The van der Waals surface area contributed by atoms with Gasteiger partial charge in [0.1, 0.15) is 5.82 Å². The number of aryl methyl sites for hydroxylation is 2. The normalized spacial score (nSPS) is 22.3. The van der Waals surface area contributed by atoms with E-state index >= 15 is 0 Å². The molecular weight excluding hydrogens is 308 g/mol. The van der Waals surface area contributed by atoms with Crippen molar-refractivity contribution in [2.75, 3.05) is 0 Å². The minimum Gasteiger partial charge on any atom is -0.438 e. The van der Waals surface area contributed by atoms with E-state index in [-0.39, 0.29) is 23.6 Å². The molecule has 2 aromatic heterocycles. The molecule has 1 saturated heterocycles. The minimum absolute atomic E-state index is 0.0172. The summed E-state index contributed by atoms with van der Waals surface area (Å²) >= 11 is 0. The van der Waals surface area contributed by atoms with E-state index in [2.05, 4.69) is 15.0 Å². The zero-order valence-electron chi connectivity index (χ0n) is 13.8. The van der Waals surface area contributed by atoms with E-state index in [1.807, 2.05) is 11.8 Å². The molecule has 0 spiro atoms. The highest BCUT2D eigenvalue weighted by Gasteiger charge is 2.42. The zero-order chi connectivity index (χ0) is 16.8. The summed E-state index contributed by atoms with van der Waals surface area (Å²) in [5, 5.41) is 0. The number of amides is 1. The lowest BCUT2D eigenvalue weighted by Gasteiger charge is -2.27.